The molecule has 0 aliphatic heterocycles. The highest BCUT2D eigenvalue weighted by Gasteiger charge is 2.29. The SMILES string of the molecule is C=C.O=C(O)C(O)C(O)C(=O)O.c1ccsc1.c1cncnc1. The lowest BCUT2D eigenvalue weighted by Crippen LogP contribution is -2.39. The number of rotatable bonds is 3. The first-order valence-electron chi connectivity index (χ1n) is 5.95. The minimum atomic E-state index is -2.27. The van der Waals surface area contributed by atoms with E-state index in [9.17, 15) is 9.59 Å². The zero-order chi connectivity index (χ0) is 18.1. The summed E-state index contributed by atoms with van der Waals surface area (Å²) in [7, 11) is 0. The van der Waals surface area contributed by atoms with Crippen molar-refractivity contribution in [2.75, 3.05) is 0 Å². The normalized spacial score (nSPS) is 10.9. The Morgan fingerprint density at radius 3 is 1.39 bits per heavy atom. The van der Waals surface area contributed by atoms with Gasteiger partial charge < -0.3 is 20.4 Å². The summed E-state index contributed by atoms with van der Waals surface area (Å²) in [4.78, 5) is 26.9. The highest BCUT2D eigenvalue weighted by Crippen LogP contribution is 1.92. The van der Waals surface area contributed by atoms with Crippen molar-refractivity contribution in [2.45, 2.75) is 12.2 Å². The lowest BCUT2D eigenvalue weighted by Gasteiger charge is -2.07. The molecule has 0 fully saturated rings. The van der Waals surface area contributed by atoms with Crippen LogP contribution in [0, 0.1) is 0 Å². The summed E-state index contributed by atoms with van der Waals surface area (Å²) in [6.07, 6.45) is 0.343. The summed E-state index contributed by atoms with van der Waals surface area (Å²) in [5, 5.41) is 36.6. The standard InChI is InChI=1S/C4H4N2.C4H6O6.C4H4S.C2H4/c1-2-5-4-6-3-1;5-1(3(7)8)2(6)4(9)10;1-2-4-5-3-1;1-2/h1-4H;1-2,5-6H,(H,7,8)(H,9,10);1-4H;1-2H2. The van der Waals surface area contributed by atoms with Crippen molar-refractivity contribution in [2.24, 2.45) is 0 Å². The molecule has 2 unspecified atom stereocenters. The van der Waals surface area contributed by atoms with Crippen LogP contribution in [-0.4, -0.2) is 54.5 Å². The van der Waals surface area contributed by atoms with E-state index in [1.807, 2.05) is 22.9 Å². The quantitative estimate of drug-likeness (QED) is 0.603. The molecule has 4 N–H and O–H groups in total. The van der Waals surface area contributed by atoms with E-state index < -0.39 is 24.1 Å². The largest absolute Gasteiger partial charge is 0.479 e. The van der Waals surface area contributed by atoms with Gasteiger partial charge in [-0.1, -0.05) is 12.1 Å². The Hall–Kier alpha value is -2.62. The molecule has 23 heavy (non-hydrogen) atoms. The predicted octanol–water partition coefficient (Wildman–Crippen LogP) is 0.904. The van der Waals surface area contributed by atoms with Crippen LogP contribution in [0.4, 0.5) is 0 Å². The molecular weight excluding hydrogens is 324 g/mol. The number of aromatic nitrogens is 2. The number of aliphatic hydroxyl groups excluding tert-OH is 2. The van der Waals surface area contributed by atoms with E-state index in [4.69, 9.17) is 20.4 Å². The van der Waals surface area contributed by atoms with Gasteiger partial charge in [-0.3, -0.25) is 0 Å². The lowest BCUT2D eigenvalue weighted by atomic mass is 10.2. The third-order valence-electron chi connectivity index (χ3n) is 1.71. The van der Waals surface area contributed by atoms with E-state index in [2.05, 4.69) is 23.1 Å². The van der Waals surface area contributed by atoms with Crippen LogP contribution < -0.4 is 0 Å². The van der Waals surface area contributed by atoms with E-state index in [-0.39, 0.29) is 0 Å². The van der Waals surface area contributed by atoms with Crippen LogP contribution >= 0.6 is 11.3 Å². The Labute approximate surface area is 137 Å². The second-order valence-corrected chi connectivity index (χ2v) is 4.08. The van der Waals surface area contributed by atoms with E-state index in [1.165, 1.54) is 6.33 Å². The number of nitrogens with zero attached hydrogens (tertiary/aromatic N) is 2. The van der Waals surface area contributed by atoms with Gasteiger partial charge in [0, 0.05) is 12.4 Å². The summed E-state index contributed by atoms with van der Waals surface area (Å²) in [6.45, 7) is 6.00. The Kier molecular flexibility index (Phi) is 15.5. The molecule has 0 amide bonds. The second kappa shape index (κ2) is 15.8. The van der Waals surface area contributed by atoms with Gasteiger partial charge in [-0.25, -0.2) is 19.6 Å². The van der Waals surface area contributed by atoms with Crippen LogP contribution in [0.5, 0.6) is 0 Å². The fraction of sp³-hybridized carbons (Fsp3) is 0.143. The molecule has 0 spiro atoms. The second-order valence-electron chi connectivity index (χ2n) is 3.26. The minimum Gasteiger partial charge on any atom is -0.479 e. The van der Waals surface area contributed by atoms with Gasteiger partial charge in [0.05, 0.1) is 0 Å². The number of aliphatic hydroxyl groups is 2. The maximum Gasteiger partial charge on any atom is 0.335 e. The number of hydrogen-bond donors (Lipinski definition) is 4. The Balaban J connectivity index is 0. The molecule has 0 aromatic carbocycles. The van der Waals surface area contributed by atoms with Gasteiger partial charge in [0.2, 0.25) is 0 Å². The Morgan fingerprint density at radius 1 is 0.870 bits per heavy atom. The Morgan fingerprint density at radius 2 is 1.26 bits per heavy atom. The maximum absolute atomic E-state index is 9.77. The first-order valence-corrected chi connectivity index (χ1v) is 6.90. The summed E-state index contributed by atoms with van der Waals surface area (Å²) >= 11 is 1.71. The molecule has 0 bridgehead atoms. The molecule has 8 nitrogen and oxygen atoms in total. The van der Waals surface area contributed by atoms with Crippen molar-refractivity contribution in [1.29, 1.82) is 0 Å². The van der Waals surface area contributed by atoms with E-state index >= 15 is 0 Å². The molecule has 0 aliphatic carbocycles. The molecular formula is C14H18N2O6S. The maximum atomic E-state index is 9.77. The number of thiophene rings is 1. The van der Waals surface area contributed by atoms with Gasteiger partial charge >= 0.3 is 11.9 Å². The highest BCUT2D eigenvalue weighted by molar-refractivity contribution is 7.07. The topological polar surface area (TPSA) is 141 Å². The van der Waals surface area contributed by atoms with Crippen molar-refractivity contribution in [1.82, 2.24) is 9.97 Å². The van der Waals surface area contributed by atoms with Gasteiger partial charge in [-0.2, -0.15) is 11.3 Å². The van der Waals surface area contributed by atoms with Gasteiger partial charge in [-0.05, 0) is 16.8 Å². The van der Waals surface area contributed by atoms with Gasteiger partial charge in [-0.15, -0.1) is 13.2 Å². The molecule has 9 heteroatoms. The molecule has 0 radical (unpaired) electrons. The van der Waals surface area contributed by atoms with Gasteiger partial charge in [0.1, 0.15) is 6.33 Å². The fourth-order valence-electron chi connectivity index (χ4n) is 0.750. The number of carboxylic acids is 2. The number of aliphatic carboxylic acids is 2. The lowest BCUT2D eigenvalue weighted by molar-refractivity contribution is -0.165. The third kappa shape index (κ3) is 14.1. The molecule has 126 valence electrons. The molecule has 2 atom stereocenters. The fourth-order valence-corrected chi connectivity index (χ4v) is 1.20. The predicted molar refractivity (Wildman–Crippen MR) is 84.9 cm³/mol. The van der Waals surface area contributed by atoms with E-state index in [0.29, 0.717) is 0 Å². The molecule has 2 heterocycles. The third-order valence-corrected chi connectivity index (χ3v) is 2.34. The number of carboxylic acid groups (broad SMARTS) is 2. The summed E-state index contributed by atoms with van der Waals surface area (Å²) < 4.78 is 0. The van der Waals surface area contributed by atoms with Crippen LogP contribution in [0.1, 0.15) is 0 Å². The Bertz CT molecular complexity index is 447. The van der Waals surface area contributed by atoms with Crippen molar-refractivity contribution in [3.63, 3.8) is 0 Å². The molecule has 0 saturated carbocycles. The average molecular weight is 342 g/mol. The summed E-state index contributed by atoms with van der Waals surface area (Å²) in [5.74, 6) is -3.54. The zero-order valence-electron chi connectivity index (χ0n) is 12.1. The summed E-state index contributed by atoms with van der Waals surface area (Å²) in [5.41, 5.74) is 0. The van der Waals surface area contributed by atoms with Crippen molar-refractivity contribution < 1.29 is 30.0 Å². The van der Waals surface area contributed by atoms with Gasteiger partial charge in [0.25, 0.3) is 0 Å². The molecule has 0 saturated heterocycles. The molecule has 2 aromatic rings. The molecule has 0 aliphatic rings. The van der Waals surface area contributed by atoms with Gasteiger partial charge in [0.15, 0.2) is 12.2 Å². The number of carbonyl (C=O) groups is 2. The number of hydrogen-bond acceptors (Lipinski definition) is 7. The average Bonchev–Trinajstić information content (AvgIpc) is 3.17. The first kappa shape index (κ1) is 22.7. The molecule has 2 aromatic heterocycles. The highest BCUT2D eigenvalue weighted by atomic mass is 32.1. The van der Waals surface area contributed by atoms with E-state index in [0.717, 1.165) is 0 Å². The minimum absolute atomic E-state index is 1.50. The van der Waals surface area contributed by atoms with Crippen LogP contribution in [0.2, 0.25) is 0 Å². The van der Waals surface area contributed by atoms with E-state index in [1.54, 1.807) is 29.8 Å². The monoisotopic (exact) mass is 342 g/mol. The van der Waals surface area contributed by atoms with Crippen molar-refractivity contribution in [3.05, 3.63) is 60.8 Å². The van der Waals surface area contributed by atoms with Crippen molar-refractivity contribution >= 4 is 23.3 Å². The van der Waals surface area contributed by atoms with Crippen LogP contribution in [0.15, 0.2) is 60.8 Å². The smallest absolute Gasteiger partial charge is 0.335 e. The zero-order valence-corrected chi connectivity index (χ0v) is 12.9. The van der Waals surface area contributed by atoms with Crippen LogP contribution in [-0.2, 0) is 9.59 Å². The van der Waals surface area contributed by atoms with Crippen LogP contribution in [0.3, 0.4) is 0 Å². The van der Waals surface area contributed by atoms with Crippen molar-refractivity contribution in [3.8, 4) is 0 Å². The van der Waals surface area contributed by atoms with Crippen LogP contribution in [0.25, 0.3) is 0 Å². The first-order chi connectivity index (χ1) is 11.0. The summed E-state index contributed by atoms with van der Waals surface area (Å²) in [6, 6.07) is 5.81. The molecule has 2 rings (SSSR count).